The first-order valence-electron chi connectivity index (χ1n) is 7.69. The molecule has 19 heavy (non-hydrogen) atoms. The van der Waals surface area contributed by atoms with E-state index in [1.807, 2.05) is 0 Å². The van der Waals surface area contributed by atoms with Crippen molar-refractivity contribution in [3.8, 4) is 0 Å². The van der Waals surface area contributed by atoms with Crippen LogP contribution in [0, 0.1) is 5.92 Å². The van der Waals surface area contributed by atoms with E-state index in [2.05, 4.69) is 43.6 Å². The SMILES string of the molecule is CCCCOCCC1CCc2ccccc2C1NC. The molecule has 0 spiro atoms. The van der Waals surface area contributed by atoms with Crippen molar-refractivity contribution in [2.75, 3.05) is 20.3 Å². The monoisotopic (exact) mass is 261 g/mol. The van der Waals surface area contributed by atoms with Crippen LogP contribution >= 0.6 is 0 Å². The van der Waals surface area contributed by atoms with Gasteiger partial charge >= 0.3 is 0 Å². The maximum atomic E-state index is 5.73. The molecule has 0 bridgehead atoms. The smallest absolute Gasteiger partial charge is 0.0469 e. The number of nitrogens with one attached hydrogen (secondary N) is 1. The summed E-state index contributed by atoms with van der Waals surface area (Å²) in [7, 11) is 2.08. The van der Waals surface area contributed by atoms with E-state index < -0.39 is 0 Å². The van der Waals surface area contributed by atoms with Crippen LogP contribution in [-0.4, -0.2) is 20.3 Å². The van der Waals surface area contributed by atoms with Crippen molar-refractivity contribution in [2.45, 2.75) is 45.1 Å². The molecule has 0 aliphatic heterocycles. The molecular weight excluding hydrogens is 234 g/mol. The number of hydrogen-bond acceptors (Lipinski definition) is 2. The number of unbranched alkanes of at least 4 members (excludes halogenated alkanes) is 1. The Balaban J connectivity index is 1.88. The van der Waals surface area contributed by atoms with E-state index >= 15 is 0 Å². The van der Waals surface area contributed by atoms with Gasteiger partial charge in [-0.3, -0.25) is 0 Å². The average Bonchev–Trinajstić information content (AvgIpc) is 2.46. The first-order chi connectivity index (χ1) is 9.36. The minimum atomic E-state index is 0.500. The van der Waals surface area contributed by atoms with E-state index in [1.54, 1.807) is 0 Å². The highest BCUT2D eigenvalue weighted by molar-refractivity contribution is 5.32. The molecule has 1 aromatic rings. The summed E-state index contributed by atoms with van der Waals surface area (Å²) in [6.07, 6.45) is 6.07. The third-order valence-electron chi connectivity index (χ3n) is 4.23. The Morgan fingerprint density at radius 2 is 2.11 bits per heavy atom. The summed E-state index contributed by atoms with van der Waals surface area (Å²) >= 11 is 0. The van der Waals surface area contributed by atoms with Crippen LogP contribution in [-0.2, 0) is 11.2 Å². The fourth-order valence-corrected chi connectivity index (χ4v) is 3.11. The van der Waals surface area contributed by atoms with Gasteiger partial charge in [-0.2, -0.15) is 0 Å². The second-order valence-corrected chi connectivity index (χ2v) is 5.52. The van der Waals surface area contributed by atoms with E-state index in [9.17, 15) is 0 Å². The summed E-state index contributed by atoms with van der Waals surface area (Å²) < 4.78 is 5.73. The van der Waals surface area contributed by atoms with E-state index in [0.29, 0.717) is 12.0 Å². The zero-order chi connectivity index (χ0) is 13.5. The Kier molecular flexibility index (Phi) is 5.87. The number of fused-ring (bicyclic) bond motifs is 1. The molecule has 2 heteroatoms. The van der Waals surface area contributed by atoms with E-state index in [1.165, 1.54) is 43.2 Å². The van der Waals surface area contributed by atoms with Crippen LogP contribution in [0.5, 0.6) is 0 Å². The van der Waals surface area contributed by atoms with Gasteiger partial charge in [0.05, 0.1) is 0 Å². The fraction of sp³-hybridized carbons (Fsp3) is 0.647. The van der Waals surface area contributed by atoms with Crippen LogP contribution < -0.4 is 5.32 Å². The lowest BCUT2D eigenvalue weighted by atomic mass is 9.78. The topological polar surface area (TPSA) is 21.3 Å². The molecule has 0 saturated heterocycles. The molecule has 2 unspecified atom stereocenters. The summed E-state index contributed by atoms with van der Waals surface area (Å²) in [5.41, 5.74) is 3.01. The first-order valence-corrected chi connectivity index (χ1v) is 7.69. The maximum Gasteiger partial charge on any atom is 0.0469 e. The predicted octanol–water partition coefficient (Wildman–Crippen LogP) is 3.72. The highest BCUT2D eigenvalue weighted by Gasteiger charge is 2.27. The Morgan fingerprint density at radius 3 is 2.89 bits per heavy atom. The van der Waals surface area contributed by atoms with Gasteiger partial charge in [-0.05, 0) is 49.8 Å². The number of rotatable bonds is 7. The maximum absolute atomic E-state index is 5.73. The van der Waals surface area contributed by atoms with Gasteiger partial charge in [0.1, 0.15) is 0 Å². The third kappa shape index (κ3) is 3.80. The molecule has 106 valence electrons. The van der Waals surface area contributed by atoms with Gasteiger partial charge in [0, 0.05) is 19.3 Å². The first kappa shape index (κ1) is 14.5. The fourth-order valence-electron chi connectivity index (χ4n) is 3.11. The van der Waals surface area contributed by atoms with Crippen LogP contribution in [0.4, 0.5) is 0 Å². The lowest BCUT2D eigenvalue weighted by Gasteiger charge is -2.33. The molecule has 0 amide bonds. The van der Waals surface area contributed by atoms with Gasteiger partial charge in [0.25, 0.3) is 0 Å². The summed E-state index contributed by atoms with van der Waals surface area (Å²) in [5.74, 6) is 0.710. The highest BCUT2D eigenvalue weighted by Crippen LogP contribution is 2.35. The van der Waals surface area contributed by atoms with Crippen molar-refractivity contribution in [2.24, 2.45) is 5.92 Å². The lowest BCUT2D eigenvalue weighted by Crippen LogP contribution is -2.31. The van der Waals surface area contributed by atoms with Gasteiger partial charge in [0.2, 0.25) is 0 Å². The molecule has 0 heterocycles. The van der Waals surface area contributed by atoms with Gasteiger partial charge in [0.15, 0.2) is 0 Å². The van der Waals surface area contributed by atoms with Crippen molar-refractivity contribution >= 4 is 0 Å². The molecule has 2 rings (SSSR count). The van der Waals surface area contributed by atoms with Gasteiger partial charge in [-0.15, -0.1) is 0 Å². The van der Waals surface area contributed by atoms with Crippen LogP contribution in [0.3, 0.4) is 0 Å². The molecule has 1 aliphatic carbocycles. The zero-order valence-corrected chi connectivity index (χ0v) is 12.3. The normalized spacial score (nSPS) is 22.2. The Hall–Kier alpha value is -0.860. The van der Waals surface area contributed by atoms with Crippen molar-refractivity contribution < 1.29 is 4.74 Å². The Morgan fingerprint density at radius 1 is 1.26 bits per heavy atom. The average molecular weight is 261 g/mol. The molecule has 1 aliphatic rings. The van der Waals surface area contributed by atoms with Crippen LogP contribution in [0.2, 0.25) is 0 Å². The second kappa shape index (κ2) is 7.66. The molecule has 0 saturated carbocycles. The standard InChI is InChI=1S/C17H27NO/c1-3-4-12-19-13-11-15-10-9-14-7-5-6-8-16(14)17(15)18-2/h5-8,15,17-18H,3-4,9-13H2,1-2H3. The third-order valence-corrected chi connectivity index (χ3v) is 4.23. The second-order valence-electron chi connectivity index (χ2n) is 5.52. The quantitative estimate of drug-likeness (QED) is 0.755. The largest absolute Gasteiger partial charge is 0.381 e. The van der Waals surface area contributed by atoms with Crippen LogP contribution in [0.15, 0.2) is 24.3 Å². The summed E-state index contributed by atoms with van der Waals surface area (Å²) in [6, 6.07) is 9.36. The van der Waals surface area contributed by atoms with E-state index in [4.69, 9.17) is 4.74 Å². The molecule has 1 N–H and O–H groups in total. The summed E-state index contributed by atoms with van der Waals surface area (Å²) in [4.78, 5) is 0. The molecule has 2 nitrogen and oxygen atoms in total. The van der Waals surface area contributed by atoms with E-state index in [-0.39, 0.29) is 0 Å². The molecule has 0 aromatic heterocycles. The lowest BCUT2D eigenvalue weighted by molar-refractivity contribution is 0.108. The minimum absolute atomic E-state index is 0.500. The Labute approximate surface area is 117 Å². The van der Waals surface area contributed by atoms with Crippen molar-refractivity contribution in [3.05, 3.63) is 35.4 Å². The molecule has 1 aromatic carbocycles. The molecule has 0 radical (unpaired) electrons. The highest BCUT2D eigenvalue weighted by atomic mass is 16.5. The van der Waals surface area contributed by atoms with Crippen molar-refractivity contribution in [1.29, 1.82) is 0 Å². The van der Waals surface area contributed by atoms with Gasteiger partial charge in [-0.1, -0.05) is 37.6 Å². The zero-order valence-electron chi connectivity index (χ0n) is 12.3. The predicted molar refractivity (Wildman–Crippen MR) is 80.4 cm³/mol. The van der Waals surface area contributed by atoms with Gasteiger partial charge < -0.3 is 10.1 Å². The van der Waals surface area contributed by atoms with Crippen molar-refractivity contribution in [1.82, 2.24) is 5.32 Å². The molecule has 0 fully saturated rings. The summed E-state index contributed by atoms with van der Waals surface area (Å²) in [6.45, 7) is 4.04. The van der Waals surface area contributed by atoms with Crippen LogP contribution in [0.1, 0.15) is 49.8 Å². The van der Waals surface area contributed by atoms with Crippen LogP contribution in [0.25, 0.3) is 0 Å². The number of benzene rings is 1. The number of aryl methyl sites for hydroxylation is 1. The Bertz CT molecular complexity index is 377. The number of ether oxygens (including phenoxy) is 1. The summed E-state index contributed by atoms with van der Waals surface area (Å²) in [5, 5.41) is 3.51. The van der Waals surface area contributed by atoms with Gasteiger partial charge in [-0.25, -0.2) is 0 Å². The molecular formula is C17H27NO. The van der Waals surface area contributed by atoms with E-state index in [0.717, 1.165) is 13.2 Å². The van der Waals surface area contributed by atoms with Crippen molar-refractivity contribution in [3.63, 3.8) is 0 Å². The number of hydrogen-bond donors (Lipinski definition) is 1. The molecule has 2 atom stereocenters. The minimum Gasteiger partial charge on any atom is -0.381 e.